The summed E-state index contributed by atoms with van der Waals surface area (Å²) in [4.78, 5) is 26.0. The van der Waals surface area contributed by atoms with Crippen molar-refractivity contribution in [2.75, 3.05) is 27.3 Å². The zero-order valence-electron chi connectivity index (χ0n) is 13.0. The van der Waals surface area contributed by atoms with Gasteiger partial charge in [0.05, 0.1) is 14.2 Å². The van der Waals surface area contributed by atoms with Crippen LogP contribution in [0.25, 0.3) is 0 Å². The summed E-state index contributed by atoms with van der Waals surface area (Å²) < 4.78 is 10.5. The van der Waals surface area contributed by atoms with Gasteiger partial charge in [-0.05, 0) is 38.1 Å². The fourth-order valence-electron chi connectivity index (χ4n) is 2.54. The molecule has 7 heteroatoms. The molecular weight excluding hydrogens is 286 g/mol. The highest BCUT2D eigenvalue weighted by Gasteiger charge is 2.50. The molecule has 1 saturated heterocycles. The van der Waals surface area contributed by atoms with Crippen LogP contribution in [0.5, 0.6) is 11.5 Å². The Labute approximate surface area is 129 Å². The molecule has 1 aliphatic heterocycles. The summed E-state index contributed by atoms with van der Waals surface area (Å²) in [5.41, 5.74) is 4.82. The monoisotopic (exact) mass is 307 g/mol. The fraction of sp³-hybridized carbons (Fsp3) is 0.467. The summed E-state index contributed by atoms with van der Waals surface area (Å²) in [5, 5.41) is 2.74. The molecular formula is C15H21N3O4. The summed E-state index contributed by atoms with van der Waals surface area (Å²) in [6.07, 6.45) is 0.560. The van der Waals surface area contributed by atoms with E-state index in [1.54, 1.807) is 25.1 Å². The number of amides is 3. The second kappa shape index (κ2) is 6.23. The largest absolute Gasteiger partial charge is 0.497 e. The molecule has 1 aromatic carbocycles. The third kappa shape index (κ3) is 2.59. The number of ether oxygens (including phenoxy) is 2. The standard InChI is InChI=1S/C15H21N3O4/c1-15(11-9-10(21-2)5-6-12(11)22-3)13(19)18(8-4-7-16)14(20)17-15/h5-6,9H,4,7-8,16H2,1-3H3,(H,17,20). The molecule has 0 radical (unpaired) electrons. The summed E-state index contributed by atoms with van der Waals surface area (Å²) >= 11 is 0. The first-order valence-electron chi connectivity index (χ1n) is 7.04. The number of benzene rings is 1. The van der Waals surface area contributed by atoms with Gasteiger partial charge in [-0.1, -0.05) is 0 Å². The van der Waals surface area contributed by atoms with Crippen molar-refractivity contribution in [3.05, 3.63) is 23.8 Å². The number of rotatable bonds is 6. The molecule has 22 heavy (non-hydrogen) atoms. The van der Waals surface area contributed by atoms with Gasteiger partial charge in [0.15, 0.2) is 0 Å². The van der Waals surface area contributed by atoms with Crippen LogP contribution in [0.1, 0.15) is 18.9 Å². The summed E-state index contributed by atoms with van der Waals surface area (Å²) in [6, 6.07) is 4.72. The number of urea groups is 1. The molecule has 1 fully saturated rings. The lowest BCUT2D eigenvalue weighted by molar-refractivity contribution is -0.131. The van der Waals surface area contributed by atoms with Gasteiger partial charge < -0.3 is 20.5 Å². The molecule has 0 spiro atoms. The molecule has 0 aromatic heterocycles. The van der Waals surface area contributed by atoms with Gasteiger partial charge in [-0.15, -0.1) is 0 Å². The van der Waals surface area contributed by atoms with Crippen LogP contribution in [-0.2, 0) is 10.3 Å². The van der Waals surface area contributed by atoms with E-state index in [9.17, 15) is 9.59 Å². The molecule has 3 amide bonds. The van der Waals surface area contributed by atoms with Crippen LogP contribution in [0.3, 0.4) is 0 Å². The van der Waals surface area contributed by atoms with Crippen LogP contribution in [0, 0.1) is 0 Å². The number of hydrogen-bond donors (Lipinski definition) is 2. The minimum atomic E-state index is -1.19. The minimum absolute atomic E-state index is 0.295. The van der Waals surface area contributed by atoms with Gasteiger partial charge in [-0.3, -0.25) is 9.69 Å². The van der Waals surface area contributed by atoms with Crippen LogP contribution >= 0.6 is 0 Å². The number of nitrogens with two attached hydrogens (primary N) is 1. The van der Waals surface area contributed by atoms with Crippen molar-refractivity contribution in [2.24, 2.45) is 5.73 Å². The van der Waals surface area contributed by atoms with Crippen molar-refractivity contribution in [3.63, 3.8) is 0 Å². The normalized spacial score (nSPS) is 21.0. The lowest BCUT2D eigenvalue weighted by Crippen LogP contribution is -2.41. The van der Waals surface area contributed by atoms with E-state index in [4.69, 9.17) is 15.2 Å². The molecule has 120 valence electrons. The maximum atomic E-state index is 12.7. The fourth-order valence-corrected chi connectivity index (χ4v) is 2.54. The highest BCUT2D eigenvalue weighted by atomic mass is 16.5. The zero-order valence-corrected chi connectivity index (χ0v) is 13.0. The summed E-state index contributed by atoms with van der Waals surface area (Å²) in [5.74, 6) is 0.773. The molecule has 7 nitrogen and oxygen atoms in total. The number of nitrogens with one attached hydrogen (secondary N) is 1. The number of nitrogens with zero attached hydrogens (tertiary/aromatic N) is 1. The minimum Gasteiger partial charge on any atom is -0.497 e. The maximum absolute atomic E-state index is 12.7. The Kier molecular flexibility index (Phi) is 4.56. The predicted octanol–water partition coefficient (Wildman–Crippen LogP) is 0.820. The Morgan fingerprint density at radius 3 is 2.59 bits per heavy atom. The van der Waals surface area contributed by atoms with Gasteiger partial charge in [0.2, 0.25) is 0 Å². The molecule has 1 unspecified atom stereocenters. The van der Waals surface area contributed by atoms with E-state index in [0.717, 1.165) is 0 Å². The number of methoxy groups -OCH3 is 2. The first kappa shape index (κ1) is 16.1. The maximum Gasteiger partial charge on any atom is 0.325 e. The van der Waals surface area contributed by atoms with Gasteiger partial charge in [0, 0.05) is 12.1 Å². The SMILES string of the molecule is COc1ccc(OC)c(C2(C)NC(=O)N(CCCN)C2=O)c1. The number of imide groups is 1. The smallest absolute Gasteiger partial charge is 0.325 e. The lowest BCUT2D eigenvalue weighted by Gasteiger charge is -2.24. The molecule has 1 aromatic rings. The molecule has 0 saturated carbocycles. The van der Waals surface area contributed by atoms with Gasteiger partial charge in [0.25, 0.3) is 5.91 Å². The zero-order chi connectivity index (χ0) is 16.3. The van der Waals surface area contributed by atoms with Crippen molar-refractivity contribution in [1.29, 1.82) is 0 Å². The van der Waals surface area contributed by atoms with Crippen LogP contribution in [0.4, 0.5) is 4.79 Å². The lowest BCUT2D eigenvalue weighted by atomic mass is 9.91. The summed E-state index contributed by atoms with van der Waals surface area (Å²) in [7, 11) is 3.05. The van der Waals surface area contributed by atoms with Gasteiger partial charge >= 0.3 is 6.03 Å². The van der Waals surface area contributed by atoms with E-state index in [2.05, 4.69) is 5.32 Å². The molecule has 1 atom stereocenters. The van der Waals surface area contributed by atoms with Crippen LogP contribution in [0.15, 0.2) is 18.2 Å². The Morgan fingerprint density at radius 2 is 2.00 bits per heavy atom. The third-order valence-corrected chi connectivity index (χ3v) is 3.81. The second-order valence-corrected chi connectivity index (χ2v) is 5.22. The third-order valence-electron chi connectivity index (χ3n) is 3.81. The van der Waals surface area contributed by atoms with Crippen molar-refractivity contribution >= 4 is 11.9 Å². The van der Waals surface area contributed by atoms with Gasteiger partial charge in [-0.2, -0.15) is 0 Å². The van der Waals surface area contributed by atoms with Crippen LogP contribution in [0.2, 0.25) is 0 Å². The number of hydrogen-bond acceptors (Lipinski definition) is 5. The van der Waals surface area contributed by atoms with E-state index < -0.39 is 11.6 Å². The Morgan fingerprint density at radius 1 is 1.27 bits per heavy atom. The highest BCUT2D eigenvalue weighted by molar-refractivity contribution is 6.07. The van der Waals surface area contributed by atoms with E-state index in [0.29, 0.717) is 36.6 Å². The Bertz CT molecular complexity index is 590. The quantitative estimate of drug-likeness (QED) is 0.759. The van der Waals surface area contributed by atoms with Crippen molar-refractivity contribution in [3.8, 4) is 11.5 Å². The average Bonchev–Trinajstić information content (AvgIpc) is 2.75. The van der Waals surface area contributed by atoms with E-state index in [-0.39, 0.29) is 5.91 Å². The molecule has 1 aliphatic rings. The number of carbonyl (C=O) groups is 2. The Balaban J connectivity index is 2.42. The topological polar surface area (TPSA) is 93.9 Å². The first-order valence-corrected chi connectivity index (χ1v) is 7.04. The van der Waals surface area contributed by atoms with Crippen molar-refractivity contribution < 1.29 is 19.1 Å². The van der Waals surface area contributed by atoms with Crippen LogP contribution < -0.4 is 20.5 Å². The predicted molar refractivity (Wildman–Crippen MR) is 80.8 cm³/mol. The molecule has 1 heterocycles. The molecule has 3 N–H and O–H groups in total. The van der Waals surface area contributed by atoms with Crippen molar-refractivity contribution in [2.45, 2.75) is 18.9 Å². The van der Waals surface area contributed by atoms with Crippen molar-refractivity contribution in [1.82, 2.24) is 10.2 Å². The highest BCUT2D eigenvalue weighted by Crippen LogP contribution is 2.37. The molecule has 0 bridgehead atoms. The van der Waals surface area contributed by atoms with E-state index >= 15 is 0 Å². The van der Waals surface area contributed by atoms with Crippen LogP contribution in [-0.4, -0.2) is 44.1 Å². The van der Waals surface area contributed by atoms with E-state index in [1.807, 2.05) is 0 Å². The number of carbonyl (C=O) groups excluding carboxylic acids is 2. The van der Waals surface area contributed by atoms with Gasteiger partial charge in [-0.25, -0.2) is 4.79 Å². The molecule has 2 rings (SSSR count). The first-order chi connectivity index (χ1) is 10.5. The van der Waals surface area contributed by atoms with E-state index in [1.165, 1.54) is 19.1 Å². The average molecular weight is 307 g/mol. The second-order valence-electron chi connectivity index (χ2n) is 5.22. The Hall–Kier alpha value is -2.28. The summed E-state index contributed by atoms with van der Waals surface area (Å²) in [6.45, 7) is 2.37. The molecule has 0 aliphatic carbocycles. The van der Waals surface area contributed by atoms with Gasteiger partial charge in [0.1, 0.15) is 17.0 Å².